The van der Waals surface area contributed by atoms with E-state index >= 15 is 0 Å². The molecule has 2 unspecified atom stereocenters. The number of allylic oxidation sites excluding steroid dienone is 6. The van der Waals surface area contributed by atoms with Gasteiger partial charge in [0.2, 0.25) is 5.91 Å². The first kappa shape index (κ1) is 72.1. The van der Waals surface area contributed by atoms with Crippen LogP contribution in [0.3, 0.4) is 0 Å². The molecule has 1 amide bonds. The molecular weight excluding hydrogens is 911 g/mol. The minimum Gasteiger partial charge on any atom is -0.466 e. The lowest BCUT2D eigenvalue weighted by Gasteiger charge is -2.22. The third kappa shape index (κ3) is 59.3. The van der Waals surface area contributed by atoms with Crippen LogP contribution in [0.25, 0.3) is 0 Å². The number of esters is 1. The number of carbonyl (C=O) groups is 2. The minimum absolute atomic E-state index is 0.0207. The normalized spacial score (nSPS) is 12.8. The first-order valence-electron chi connectivity index (χ1n) is 33.3. The quantitative estimate of drug-likeness (QED) is 0.0244. The second-order valence-corrected chi connectivity index (χ2v) is 22.8. The van der Waals surface area contributed by atoms with Gasteiger partial charge < -0.3 is 20.3 Å². The van der Waals surface area contributed by atoms with Gasteiger partial charge in [0.25, 0.3) is 0 Å². The van der Waals surface area contributed by atoms with E-state index in [4.69, 9.17) is 4.74 Å². The second-order valence-electron chi connectivity index (χ2n) is 22.8. The lowest BCUT2D eigenvalue weighted by atomic mass is 10.0. The molecule has 3 N–H and O–H groups in total. The molecule has 0 radical (unpaired) electrons. The summed E-state index contributed by atoms with van der Waals surface area (Å²) in [4.78, 5) is 24.6. The van der Waals surface area contributed by atoms with Crippen molar-refractivity contribution in [3.8, 4) is 0 Å². The molecule has 0 aromatic heterocycles. The van der Waals surface area contributed by atoms with E-state index in [0.717, 1.165) is 70.6 Å². The summed E-state index contributed by atoms with van der Waals surface area (Å²) in [6.45, 7) is 4.93. The van der Waals surface area contributed by atoms with Crippen molar-refractivity contribution < 1.29 is 24.5 Å². The van der Waals surface area contributed by atoms with E-state index in [2.05, 4.69) is 55.6 Å². The van der Waals surface area contributed by atoms with Gasteiger partial charge in [-0.15, -0.1) is 0 Å². The van der Waals surface area contributed by atoms with Gasteiger partial charge in [0.15, 0.2) is 0 Å². The summed E-state index contributed by atoms with van der Waals surface area (Å²) in [6, 6.07) is -0.551. The molecule has 0 aromatic carbocycles. The van der Waals surface area contributed by atoms with Crippen LogP contribution >= 0.6 is 0 Å². The second kappa shape index (κ2) is 63.6. The van der Waals surface area contributed by atoms with E-state index in [0.29, 0.717) is 25.9 Å². The predicted octanol–water partition coefficient (Wildman–Crippen LogP) is 21.1. The standard InChI is InChI=1S/C68H129NO5/c1-3-5-7-9-11-13-15-17-19-20-21-22-23-24-26-29-33-36-40-44-48-52-56-60-66(71)65(64-70)69-67(72)61-57-53-49-45-41-37-34-30-27-25-28-31-35-39-43-47-51-55-59-63-74-68(73)62-58-54-50-46-42-38-32-18-16-14-12-10-8-6-4-2/h18,31-32,35,39,43,65-66,70-71H,3-17,19-30,33-34,36-38,40-42,44-64H2,1-2H3,(H,69,72)/b32-18-,35-31-,43-39-. The van der Waals surface area contributed by atoms with E-state index in [-0.39, 0.29) is 18.5 Å². The fourth-order valence-corrected chi connectivity index (χ4v) is 10.3. The van der Waals surface area contributed by atoms with Crippen LogP contribution in [0.4, 0.5) is 0 Å². The Morgan fingerprint density at radius 3 is 1.04 bits per heavy atom. The number of carbonyl (C=O) groups excluding carboxylic acids is 2. The summed E-state index contributed by atoms with van der Waals surface area (Å²) in [7, 11) is 0. The monoisotopic (exact) mass is 1040 g/mol. The van der Waals surface area contributed by atoms with Crippen molar-refractivity contribution in [3.05, 3.63) is 36.5 Å². The fourth-order valence-electron chi connectivity index (χ4n) is 10.3. The largest absolute Gasteiger partial charge is 0.466 e. The molecular formula is C68H129NO5. The van der Waals surface area contributed by atoms with Crippen LogP contribution in [0.2, 0.25) is 0 Å². The number of hydrogen-bond donors (Lipinski definition) is 3. The van der Waals surface area contributed by atoms with Gasteiger partial charge in [-0.25, -0.2) is 0 Å². The van der Waals surface area contributed by atoms with Gasteiger partial charge in [0.1, 0.15) is 0 Å². The molecule has 6 heteroatoms. The first-order chi connectivity index (χ1) is 36.5. The number of aliphatic hydroxyl groups is 2. The number of rotatable bonds is 62. The maximum atomic E-state index is 12.5. The van der Waals surface area contributed by atoms with Gasteiger partial charge in [-0.1, -0.05) is 301 Å². The SMILES string of the molecule is CCCCCCCC/C=C\CCCCCCCC(=O)OCCCCC/C=C\C=C/CCCCCCCCCCCCC(=O)NC(CO)C(O)CCCCCCCCCCCCCCCCCCCCCCCCC. The molecule has 0 saturated carbocycles. The van der Waals surface area contributed by atoms with Crippen LogP contribution in [-0.4, -0.2) is 47.4 Å². The number of aliphatic hydroxyl groups excluding tert-OH is 2. The van der Waals surface area contributed by atoms with Crippen LogP contribution < -0.4 is 5.32 Å². The van der Waals surface area contributed by atoms with Crippen molar-refractivity contribution in [2.45, 2.75) is 373 Å². The van der Waals surface area contributed by atoms with E-state index in [1.54, 1.807) is 0 Å². The Balaban J connectivity index is 3.47. The van der Waals surface area contributed by atoms with Crippen LogP contribution in [-0.2, 0) is 14.3 Å². The van der Waals surface area contributed by atoms with Crippen molar-refractivity contribution in [1.82, 2.24) is 5.32 Å². The summed E-state index contributed by atoms with van der Waals surface area (Å²) in [6.07, 6.45) is 80.2. The highest BCUT2D eigenvalue weighted by atomic mass is 16.5. The van der Waals surface area contributed by atoms with Gasteiger partial charge >= 0.3 is 5.97 Å². The molecule has 0 aromatic rings. The van der Waals surface area contributed by atoms with E-state index in [1.807, 2.05) is 0 Å². The van der Waals surface area contributed by atoms with Crippen molar-refractivity contribution in [2.75, 3.05) is 13.2 Å². The highest BCUT2D eigenvalue weighted by molar-refractivity contribution is 5.76. The number of hydrogen-bond acceptors (Lipinski definition) is 5. The molecule has 2 atom stereocenters. The summed E-state index contributed by atoms with van der Waals surface area (Å²) < 4.78 is 5.46. The topological polar surface area (TPSA) is 95.9 Å². The molecule has 0 aliphatic heterocycles. The predicted molar refractivity (Wildman–Crippen MR) is 324 cm³/mol. The third-order valence-corrected chi connectivity index (χ3v) is 15.4. The molecule has 74 heavy (non-hydrogen) atoms. The minimum atomic E-state index is -0.673. The van der Waals surface area contributed by atoms with E-state index in [9.17, 15) is 19.8 Å². The van der Waals surface area contributed by atoms with Crippen molar-refractivity contribution >= 4 is 11.9 Å². The Kier molecular flexibility index (Phi) is 62.0. The lowest BCUT2D eigenvalue weighted by Crippen LogP contribution is -2.45. The van der Waals surface area contributed by atoms with Crippen LogP contribution in [0.15, 0.2) is 36.5 Å². The Bertz CT molecular complexity index is 1200. The van der Waals surface area contributed by atoms with E-state index < -0.39 is 12.1 Å². The fraction of sp³-hybridized carbons (Fsp3) is 0.882. The zero-order valence-electron chi connectivity index (χ0n) is 49.8. The molecule has 0 aliphatic carbocycles. The molecule has 0 saturated heterocycles. The number of unbranched alkanes of at least 4 members (excludes halogenated alkanes) is 46. The zero-order valence-corrected chi connectivity index (χ0v) is 49.8. The summed E-state index contributed by atoms with van der Waals surface area (Å²) in [5.41, 5.74) is 0. The van der Waals surface area contributed by atoms with Crippen LogP contribution in [0.5, 0.6) is 0 Å². The molecule has 0 heterocycles. The van der Waals surface area contributed by atoms with Gasteiger partial charge in [0, 0.05) is 12.8 Å². The Morgan fingerprint density at radius 1 is 0.378 bits per heavy atom. The summed E-state index contributed by atoms with van der Waals surface area (Å²) in [5, 5.41) is 23.4. The number of nitrogens with one attached hydrogen (secondary N) is 1. The van der Waals surface area contributed by atoms with Gasteiger partial charge in [-0.05, 0) is 83.5 Å². The van der Waals surface area contributed by atoms with Crippen molar-refractivity contribution in [1.29, 1.82) is 0 Å². The average Bonchev–Trinajstić information content (AvgIpc) is 3.40. The van der Waals surface area contributed by atoms with Crippen molar-refractivity contribution in [3.63, 3.8) is 0 Å². The van der Waals surface area contributed by atoms with Crippen molar-refractivity contribution in [2.24, 2.45) is 0 Å². The molecule has 0 bridgehead atoms. The Morgan fingerprint density at radius 2 is 0.676 bits per heavy atom. The molecule has 0 aliphatic rings. The average molecular weight is 1040 g/mol. The first-order valence-corrected chi connectivity index (χ1v) is 33.3. The molecule has 0 rings (SSSR count). The van der Waals surface area contributed by atoms with Crippen LogP contribution in [0, 0.1) is 0 Å². The maximum Gasteiger partial charge on any atom is 0.305 e. The highest BCUT2D eigenvalue weighted by Crippen LogP contribution is 2.18. The maximum absolute atomic E-state index is 12.5. The zero-order chi connectivity index (χ0) is 53.6. The Labute approximate surface area is 462 Å². The number of ether oxygens (including phenoxy) is 1. The number of amides is 1. The Hall–Kier alpha value is -1.92. The van der Waals surface area contributed by atoms with Gasteiger partial charge in [0.05, 0.1) is 25.4 Å². The summed E-state index contributed by atoms with van der Waals surface area (Å²) in [5.74, 6) is -0.0622. The summed E-state index contributed by atoms with van der Waals surface area (Å²) >= 11 is 0. The molecule has 6 nitrogen and oxygen atoms in total. The van der Waals surface area contributed by atoms with Gasteiger partial charge in [-0.3, -0.25) is 9.59 Å². The molecule has 0 spiro atoms. The van der Waals surface area contributed by atoms with Crippen LogP contribution in [0.1, 0.15) is 361 Å². The third-order valence-electron chi connectivity index (χ3n) is 15.4. The lowest BCUT2D eigenvalue weighted by molar-refractivity contribution is -0.143. The molecule has 436 valence electrons. The highest BCUT2D eigenvalue weighted by Gasteiger charge is 2.20. The molecule has 0 fully saturated rings. The smallest absolute Gasteiger partial charge is 0.305 e. The van der Waals surface area contributed by atoms with Gasteiger partial charge in [-0.2, -0.15) is 0 Å². The van der Waals surface area contributed by atoms with E-state index in [1.165, 1.54) is 257 Å².